The summed E-state index contributed by atoms with van der Waals surface area (Å²) in [7, 11) is 0. The molecule has 8 nitrogen and oxygen atoms in total. The van der Waals surface area contributed by atoms with Crippen LogP contribution in [-0.2, 0) is 14.4 Å². The van der Waals surface area contributed by atoms with Gasteiger partial charge >= 0.3 is 5.97 Å². The third-order valence-electron chi connectivity index (χ3n) is 4.39. The molecule has 0 spiro atoms. The molecule has 0 aromatic heterocycles. The quantitative estimate of drug-likeness (QED) is 0.111. The average molecular weight is 472 g/mol. The number of anilines is 1. The summed E-state index contributed by atoms with van der Waals surface area (Å²) in [4.78, 5) is 35.2. The SMILES string of the molecule is NN=Cc1ccc(NC(=O)CCC(=O)NCC(C(=O)O)c2c(F)c(F)c(F)c(F)c2F)cc1. The minimum absolute atomic E-state index is 0.335. The predicted molar refractivity (Wildman–Crippen MR) is 106 cm³/mol. The van der Waals surface area contributed by atoms with E-state index in [1.165, 1.54) is 6.21 Å². The molecule has 5 N–H and O–H groups in total. The summed E-state index contributed by atoms with van der Waals surface area (Å²) in [6.07, 6.45) is 0.609. The Bertz CT molecular complexity index is 1060. The molecule has 2 amide bonds. The van der Waals surface area contributed by atoms with Gasteiger partial charge in [-0.05, 0) is 17.7 Å². The summed E-state index contributed by atoms with van der Waals surface area (Å²) in [6.45, 7) is -0.974. The third-order valence-corrected chi connectivity index (χ3v) is 4.39. The van der Waals surface area contributed by atoms with Crippen LogP contribution in [0.1, 0.15) is 29.9 Å². The molecule has 2 aromatic carbocycles. The highest BCUT2D eigenvalue weighted by atomic mass is 19.2. The van der Waals surface area contributed by atoms with E-state index in [0.717, 1.165) is 0 Å². The van der Waals surface area contributed by atoms with Gasteiger partial charge in [0.05, 0.1) is 6.21 Å². The molecule has 1 atom stereocenters. The number of benzene rings is 2. The second kappa shape index (κ2) is 11.0. The van der Waals surface area contributed by atoms with Crippen molar-refractivity contribution in [1.82, 2.24) is 5.32 Å². The van der Waals surface area contributed by atoms with Crippen molar-refractivity contribution in [3.05, 3.63) is 64.5 Å². The molecule has 13 heteroatoms. The molecule has 0 saturated heterocycles. The first kappa shape index (κ1) is 25.2. The molecule has 2 aromatic rings. The van der Waals surface area contributed by atoms with E-state index in [4.69, 9.17) is 5.84 Å². The summed E-state index contributed by atoms with van der Waals surface area (Å²) in [5.74, 6) is -12.3. The zero-order chi connectivity index (χ0) is 24.7. The maximum absolute atomic E-state index is 13.9. The van der Waals surface area contributed by atoms with E-state index in [1.54, 1.807) is 24.3 Å². The molecule has 0 bridgehead atoms. The monoisotopic (exact) mass is 472 g/mol. The average Bonchev–Trinajstić information content (AvgIpc) is 2.78. The van der Waals surface area contributed by atoms with Crippen molar-refractivity contribution in [2.24, 2.45) is 10.9 Å². The lowest BCUT2D eigenvalue weighted by Crippen LogP contribution is -2.33. The van der Waals surface area contributed by atoms with Gasteiger partial charge in [-0.3, -0.25) is 14.4 Å². The van der Waals surface area contributed by atoms with E-state index >= 15 is 0 Å². The number of nitrogens with two attached hydrogens (primary N) is 1. The second-order valence-corrected chi connectivity index (χ2v) is 6.63. The number of carbonyl (C=O) groups excluding carboxylic acids is 2. The van der Waals surface area contributed by atoms with Crippen LogP contribution in [0.15, 0.2) is 29.4 Å². The van der Waals surface area contributed by atoms with Crippen molar-refractivity contribution in [3.63, 3.8) is 0 Å². The summed E-state index contributed by atoms with van der Waals surface area (Å²) >= 11 is 0. The topological polar surface area (TPSA) is 134 Å². The normalized spacial score (nSPS) is 11.9. The molecular formula is C20H17F5N4O4. The van der Waals surface area contributed by atoms with Gasteiger partial charge in [-0.1, -0.05) is 12.1 Å². The van der Waals surface area contributed by atoms with Crippen molar-refractivity contribution >= 4 is 29.7 Å². The first-order chi connectivity index (χ1) is 15.6. The van der Waals surface area contributed by atoms with Gasteiger partial charge in [0, 0.05) is 30.6 Å². The zero-order valence-electron chi connectivity index (χ0n) is 16.7. The predicted octanol–water partition coefficient (Wildman–Crippen LogP) is 2.38. The molecular weight excluding hydrogens is 455 g/mol. The Morgan fingerprint density at radius 1 is 0.909 bits per heavy atom. The number of amides is 2. The highest BCUT2D eigenvalue weighted by Crippen LogP contribution is 2.29. The van der Waals surface area contributed by atoms with Crippen molar-refractivity contribution in [1.29, 1.82) is 0 Å². The van der Waals surface area contributed by atoms with Crippen LogP contribution in [0.2, 0.25) is 0 Å². The molecule has 0 aliphatic rings. The number of rotatable bonds is 9. The maximum Gasteiger partial charge on any atom is 0.313 e. The van der Waals surface area contributed by atoms with Crippen LogP contribution < -0.4 is 16.5 Å². The summed E-state index contributed by atoms with van der Waals surface area (Å²) in [5.41, 5.74) is -0.497. The van der Waals surface area contributed by atoms with E-state index in [-0.39, 0.29) is 6.42 Å². The lowest BCUT2D eigenvalue weighted by Gasteiger charge is -2.16. The van der Waals surface area contributed by atoms with Crippen LogP contribution in [0.4, 0.5) is 27.6 Å². The van der Waals surface area contributed by atoms with E-state index in [0.29, 0.717) is 11.3 Å². The minimum Gasteiger partial charge on any atom is -0.481 e. The largest absolute Gasteiger partial charge is 0.481 e. The van der Waals surface area contributed by atoms with Crippen LogP contribution in [-0.4, -0.2) is 35.6 Å². The van der Waals surface area contributed by atoms with Gasteiger partial charge in [-0.25, -0.2) is 22.0 Å². The number of carboxylic acids is 1. The van der Waals surface area contributed by atoms with Gasteiger partial charge in [-0.15, -0.1) is 0 Å². The van der Waals surface area contributed by atoms with Gasteiger partial charge in [0.2, 0.25) is 17.6 Å². The van der Waals surface area contributed by atoms with E-state index in [2.05, 4.69) is 10.4 Å². The minimum atomic E-state index is -2.44. The molecule has 0 aliphatic carbocycles. The molecule has 176 valence electrons. The number of halogens is 5. The van der Waals surface area contributed by atoms with Crippen LogP contribution >= 0.6 is 0 Å². The smallest absolute Gasteiger partial charge is 0.313 e. The summed E-state index contributed by atoms with van der Waals surface area (Å²) < 4.78 is 67.7. The number of carboxylic acid groups (broad SMARTS) is 1. The Morgan fingerprint density at radius 2 is 1.42 bits per heavy atom. The van der Waals surface area contributed by atoms with Gasteiger partial charge in [0.1, 0.15) is 5.92 Å². The molecule has 0 aliphatic heterocycles. The third kappa shape index (κ3) is 6.24. The molecule has 0 fully saturated rings. The number of hydrogen-bond acceptors (Lipinski definition) is 5. The lowest BCUT2D eigenvalue weighted by atomic mass is 9.97. The Balaban J connectivity index is 1.97. The number of aliphatic carboxylic acids is 1. The number of nitrogens with zero attached hydrogens (tertiary/aromatic N) is 1. The van der Waals surface area contributed by atoms with Gasteiger partial charge in [-0.2, -0.15) is 5.10 Å². The molecule has 1 unspecified atom stereocenters. The van der Waals surface area contributed by atoms with Crippen LogP contribution in [0.5, 0.6) is 0 Å². The molecule has 2 rings (SSSR count). The maximum atomic E-state index is 13.9. The van der Waals surface area contributed by atoms with E-state index in [9.17, 15) is 41.4 Å². The lowest BCUT2D eigenvalue weighted by molar-refractivity contribution is -0.139. The summed E-state index contributed by atoms with van der Waals surface area (Å²) in [6, 6.07) is 6.33. The van der Waals surface area contributed by atoms with Crippen molar-refractivity contribution in [2.45, 2.75) is 18.8 Å². The Hall–Kier alpha value is -4.03. The fraction of sp³-hybridized carbons (Fsp3) is 0.200. The Labute approximate surface area is 183 Å². The molecule has 0 saturated carbocycles. The van der Waals surface area contributed by atoms with Crippen LogP contribution in [0, 0.1) is 29.1 Å². The van der Waals surface area contributed by atoms with Gasteiger partial charge < -0.3 is 21.6 Å². The second-order valence-electron chi connectivity index (χ2n) is 6.63. The van der Waals surface area contributed by atoms with Crippen LogP contribution in [0.3, 0.4) is 0 Å². The number of carbonyl (C=O) groups is 3. The number of hydrazone groups is 1. The summed E-state index contributed by atoms with van der Waals surface area (Å²) in [5, 5.41) is 17.0. The van der Waals surface area contributed by atoms with Gasteiger partial charge in [0.25, 0.3) is 0 Å². The van der Waals surface area contributed by atoms with Gasteiger partial charge in [0.15, 0.2) is 23.3 Å². The standard InChI is InChI=1S/C20H17F5N4O4/c21-15-14(16(22)18(24)19(25)17(15)23)11(20(32)33)8-27-12(30)5-6-13(31)29-10-3-1-9(2-4-10)7-28-26/h1-4,7,11H,5-6,8,26H2,(H,27,30)(H,29,31)(H,32,33). The highest BCUT2D eigenvalue weighted by molar-refractivity contribution is 5.93. The Morgan fingerprint density at radius 3 is 1.94 bits per heavy atom. The highest BCUT2D eigenvalue weighted by Gasteiger charge is 2.34. The molecule has 0 radical (unpaired) electrons. The van der Waals surface area contributed by atoms with Crippen molar-refractivity contribution in [3.8, 4) is 0 Å². The first-order valence-corrected chi connectivity index (χ1v) is 9.20. The zero-order valence-corrected chi connectivity index (χ0v) is 16.7. The molecule has 33 heavy (non-hydrogen) atoms. The first-order valence-electron chi connectivity index (χ1n) is 9.20. The van der Waals surface area contributed by atoms with Crippen molar-refractivity contribution < 1.29 is 41.4 Å². The number of nitrogens with one attached hydrogen (secondary N) is 2. The Kier molecular flexibility index (Phi) is 8.42. The fourth-order valence-corrected chi connectivity index (χ4v) is 2.73. The van der Waals surface area contributed by atoms with Crippen LogP contribution in [0.25, 0.3) is 0 Å². The van der Waals surface area contributed by atoms with E-state index in [1.807, 2.05) is 5.32 Å². The van der Waals surface area contributed by atoms with E-state index < -0.39 is 71.3 Å². The number of hydrogen-bond donors (Lipinski definition) is 4. The fourth-order valence-electron chi connectivity index (χ4n) is 2.73. The van der Waals surface area contributed by atoms with Crippen molar-refractivity contribution in [2.75, 3.05) is 11.9 Å². The molecule has 0 heterocycles.